The van der Waals surface area contributed by atoms with Gasteiger partial charge in [-0.25, -0.2) is 4.39 Å². The van der Waals surface area contributed by atoms with E-state index in [1.807, 2.05) is 12.1 Å². The summed E-state index contributed by atoms with van der Waals surface area (Å²) in [5.74, 6) is 0.636. The number of halogens is 1. The van der Waals surface area contributed by atoms with E-state index in [1.54, 1.807) is 12.1 Å². The van der Waals surface area contributed by atoms with Crippen LogP contribution in [0.3, 0.4) is 0 Å². The number of likely N-dealkylation sites (tertiary alicyclic amines) is 1. The lowest BCUT2D eigenvalue weighted by atomic mass is 9.97. The highest BCUT2D eigenvalue weighted by molar-refractivity contribution is 5.17. The molecule has 0 spiro atoms. The Morgan fingerprint density at radius 3 is 3.00 bits per heavy atom. The molecule has 3 heteroatoms. The van der Waals surface area contributed by atoms with Gasteiger partial charge >= 0.3 is 0 Å². The second-order valence-electron chi connectivity index (χ2n) is 5.14. The molecule has 0 amide bonds. The van der Waals surface area contributed by atoms with Crippen molar-refractivity contribution in [2.24, 2.45) is 5.92 Å². The van der Waals surface area contributed by atoms with Crippen LogP contribution in [0.5, 0.6) is 0 Å². The predicted molar refractivity (Wildman–Crippen MR) is 72.9 cm³/mol. The quantitative estimate of drug-likeness (QED) is 0.864. The molecule has 18 heavy (non-hydrogen) atoms. The summed E-state index contributed by atoms with van der Waals surface area (Å²) < 4.78 is 13.6. The van der Waals surface area contributed by atoms with Crippen molar-refractivity contribution in [3.63, 3.8) is 0 Å². The maximum atomic E-state index is 13.6. The number of nitrogens with one attached hydrogen (secondary N) is 1. The minimum Gasteiger partial charge on any atom is -0.317 e. The van der Waals surface area contributed by atoms with E-state index >= 15 is 0 Å². The monoisotopic (exact) mass is 250 g/mol. The first-order valence-corrected chi connectivity index (χ1v) is 6.96. The van der Waals surface area contributed by atoms with Crippen molar-refractivity contribution >= 4 is 0 Å². The third kappa shape index (κ3) is 3.79. The van der Waals surface area contributed by atoms with Gasteiger partial charge < -0.3 is 5.32 Å². The Bertz CT molecular complexity index is 367. The molecule has 0 aliphatic carbocycles. The molecule has 0 radical (unpaired) electrons. The van der Waals surface area contributed by atoms with Crippen molar-refractivity contribution in [1.82, 2.24) is 10.2 Å². The molecule has 2 nitrogen and oxygen atoms in total. The van der Waals surface area contributed by atoms with Crippen LogP contribution in [-0.4, -0.2) is 31.1 Å². The maximum Gasteiger partial charge on any atom is 0.127 e. The van der Waals surface area contributed by atoms with Crippen LogP contribution in [0.15, 0.2) is 24.3 Å². The summed E-state index contributed by atoms with van der Waals surface area (Å²) in [4.78, 5) is 2.38. The first-order chi connectivity index (χ1) is 8.79. The van der Waals surface area contributed by atoms with Crippen LogP contribution in [-0.2, 0) is 6.54 Å². The summed E-state index contributed by atoms with van der Waals surface area (Å²) in [6, 6.07) is 7.11. The summed E-state index contributed by atoms with van der Waals surface area (Å²) in [6.45, 7) is 7.18. The summed E-state index contributed by atoms with van der Waals surface area (Å²) in [6.07, 6.45) is 2.52. The van der Waals surface area contributed by atoms with Crippen molar-refractivity contribution in [2.75, 3.05) is 26.2 Å². The lowest BCUT2D eigenvalue weighted by molar-refractivity contribution is 0.164. The van der Waals surface area contributed by atoms with Crippen molar-refractivity contribution in [3.8, 4) is 0 Å². The van der Waals surface area contributed by atoms with Crippen LogP contribution < -0.4 is 5.32 Å². The predicted octanol–water partition coefficient (Wildman–Crippen LogP) is 2.65. The average Bonchev–Trinajstić information content (AvgIpc) is 2.40. The molecule has 1 N–H and O–H groups in total. The lowest BCUT2D eigenvalue weighted by Crippen LogP contribution is -2.39. The van der Waals surface area contributed by atoms with E-state index in [-0.39, 0.29) is 5.82 Å². The van der Waals surface area contributed by atoms with Crippen molar-refractivity contribution in [3.05, 3.63) is 35.6 Å². The number of benzene rings is 1. The highest BCUT2D eigenvalue weighted by atomic mass is 19.1. The van der Waals surface area contributed by atoms with Gasteiger partial charge in [-0.2, -0.15) is 0 Å². The van der Waals surface area contributed by atoms with E-state index in [4.69, 9.17) is 0 Å². The van der Waals surface area contributed by atoms with Gasteiger partial charge in [-0.05, 0) is 44.5 Å². The number of nitrogens with zero attached hydrogens (tertiary/aromatic N) is 1. The second kappa shape index (κ2) is 6.86. The summed E-state index contributed by atoms with van der Waals surface area (Å²) >= 11 is 0. The molecular formula is C15H23FN2. The molecule has 1 fully saturated rings. The maximum absolute atomic E-state index is 13.6. The van der Waals surface area contributed by atoms with Gasteiger partial charge in [0.1, 0.15) is 5.82 Å². The topological polar surface area (TPSA) is 15.3 Å². The molecule has 1 heterocycles. The largest absolute Gasteiger partial charge is 0.317 e. The van der Waals surface area contributed by atoms with Gasteiger partial charge in [0.25, 0.3) is 0 Å². The van der Waals surface area contributed by atoms with E-state index in [1.165, 1.54) is 12.8 Å². The van der Waals surface area contributed by atoms with Gasteiger partial charge in [0, 0.05) is 18.7 Å². The van der Waals surface area contributed by atoms with Gasteiger partial charge in [0.05, 0.1) is 0 Å². The molecule has 1 atom stereocenters. The van der Waals surface area contributed by atoms with Crippen LogP contribution in [0.25, 0.3) is 0 Å². The highest BCUT2D eigenvalue weighted by Crippen LogP contribution is 2.19. The molecular weight excluding hydrogens is 227 g/mol. The molecule has 1 aliphatic rings. The summed E-state index contributed by atoms with van der Waals surface area (Å²) in [7, 11) is 0. The molecule has 2 rings (SSSR count). The van der Waals surface area contributed by atoms with E-state index in [9.17, 15) is 4.39 Å². The zero-order valence-electron chi connectivity index (χ0n) is 11.2. The fraction of sp³-hybridized carbons (Fsp3) is 0.600. The highest BCUT2D eigenvalue weighted by Gasteiger charge is 2.20. The Labute approximate surface area is 109 Å². The zero-order valence-corrected chi connectivity index (χ0v) is 11.2. The Kier molecular flexibility index (Phi) is 5.14. The Morgan fingerprint density at radius 1 is 1.39 bits per heavy atom. The van der Waals surface area contributed by atoms with Gasteiger partial charge in [-0.3, -0.25) is 4.90 Å². The molecule has 1 unspecified atom stereocenters. The number of hydrogen-bond donors (Lipinski definition) is 1. The molecule has 1 aliphatic heterocycles. The first kappa shape index (κ1) is 13.5. The Morgan fingerprint density at radius 2 is 2.22 bits per heavy atom. The SMILES string of the molecule is CCNCC1CCCN(Cc2ccccc2F)C1. The lowest BCUT2D eigenvalue weighted by Gasteiger charge is -2.32. The van der Waals surface area contributed by atoms with Gasteiger partial charge in [-0.15, -0.1) is 0 Å². The van der Waals surface area contributed by atoms with Gasteiger partial charge in [-0.1, -0.05) is 25.1 Å². The second-order valence-corrected chi connectivity index (χ2v) is 5.14. The summed E-state index contributed by atoms with van der Waals surface area (Å²) in [5, 5.41) is 3.41. The van der Waals surface area contributed by atoms with Crippen LogP contribution >= 0.6 is 0 Å². The van der Waals surface area contributed by atoms with Gasteiger partial charge in [0.2, 0.25) is 0 Å². The van der Waals surface area contributed by atoms with E-state index in [0.717, 1.165) is 38.3 Å². The standard InChI is InChI=1S/C15H23FN2/c1-2-17-10-13-6-5-9-18(11-13)12-14-7-3-4-8-15(14)16/h3-4,7-8,13,17H,2,5-6,9-12H2,1H3. The summed E-state index contributed by atoms with van der Waals surface area (Å²) in [5.41, 5.74) is 0.821. The fourth-order valence-corrected chi connectivity index (χ4v) is 2.68. The van der Waals surface area contributed by atoms with E-state index in [0.29, 0.717) is 5.92 Å². The fourth-order valence-electron chi connectivity index (χ4n) is 2.68. The van der Waals surface area contributed by atoms with E-state index < -0.39 is 0 Å². The normalized spacial score (nSPS) is 21.1. The number of hydrogen-bond acceptors (Lipinski definition) is 2. The Balaban J connectivity index is 1.87. The average molecular weight is 250 g/mol. The first-order valence-electron chi connectivity index (χ1n) is 6.96. The molecule has 1 aromatic rings. The molecule has 100 valence electrons. The van der Waals surface area contributed by atoms with Crippen LogP contribution in [0.2, 0.25) is 0 Å². The van der Waals surface area contributed by atoms with Crippen LogP contribution in [0, 0.1) is 11.7 Å². The molecule has 1 aromatic carbocycles. The third-order valence-electron chi connectivity index (χ3n) is 3.64. The number of piperidine rings is 1. The number of rotatable bonds is 5. The smallest absolute Gasteiger partial charge is 0.127 e. The third-order valence-corrected chi connectivity index (χ3v) is 3.64. The molecule has 0 bridgehead atoms. The minimum atomic E-state index is -0.0775. The van der Waals surface area contributed by atoms with Crippen molar-refractivity contribution in [1.29, 1.82) is 0 Å². The van der Waals surface area contributed by atoms with Crippen LogP contribution in [0.4, 0.5) is 4.39 Å². The Hall–Kier alpha value is -0.930. The molecule has 1 saturated heterocycles. The molecule has 0 aromatic heterocycles. The van der Waals surface area contributed by atoms with E-state index in [2.05, 4.69) is 17.1 Å². The molecule has 0 saturated carbocycles. The van der Waals surface area contributed by atoms with Gasteiger partial charge in [0.15, 0.2) is 0 Å². The van der Waals surface area contributed by atoms with Crippen molar-refractivity contribution < 1.29 is 4.39 Å². The van der Waals surface area contributed by atoms with Crippen molar-refractivity contribution in [2.45, 2.75) is 26.3 Å². The minimum absolute atomic E-state index is 0.0775. The zero-order chi connectivity index (χ0) is 12.8. The van der Waals surface area contributed by atoms with Crippen LogP contribution in [0.1, 0.15) is 25.3 Å².